The van der Waals surface area contributed by atoms with Gasteiger partial charge in [0.2, 0.25) is 21.8 Å². The fourth-order valence-corrected chi connectivity index (χ4v) is 6.79. The Hall–Kier alpha value is -3.84. The molecule has 0 unspecified atom stereocenters. The van der Waals surface area contributed by atoms with Crippen LogP contribution in [0.1, 0.15) is 45.7 Å². The number of hydrogen-bond donors (Lipinski definition) is 5. The van der Waals surface area contributed by atoms with E-state index in [2.05, 4.69) is 16.0 Å². The van der Waals surface area contributed by atoms with E-state index in [1.54, 1.807) is 24.3 Å². The molecule has 6 N–H and O–H groups in total. The molecule has 2 amide bonds. The Balaban J connectivity index is 1.81. The van der Waals surface area contributed by atoms with E-state index in [0.29, 0.717) is 11.3 Å². The number of anilines is 1. The molecule has 256 valence electrons. The van der Waals surface area contributed by atoms with Gasteiger partial charge in [-0.3, -0.25) is 9.59 Å². The Morgan fingerprint density at radius 3 is 2.19 bits per heavy atom. The highest BCUT2D eigenvalue weighted by Gasteiger charge is 2.36. The number of aliphatic hydroxyl groups is 1. The third-order valence-electron chi connectivity index (χ3n) is 7.48. The molecule has 0 saturated heterocycles. The Bertz CT molecular complexity index is 1580. The van der Waals surface area contributed by atoms with Gasteiger partial charge in [0.25, 0.3) is 0 Å². The molecule has 3 atom stereocenters. The zero-order valence-electron chi connectivity index (χ0n) is 27.7. The first-order chi connectivity index (χ1) is 22.1. The van der Waals surface area contributed by atoms with Crippen molar-refractivity contribution < 1.29 is 27.5 Å². The van der Waals surface area contributed by atoms with Crippen LogP contribution in [0.4, 0.5) is 10.1 Å². The summed E-state index contributed by atoms with van der Waals surface area (Å²) in [7, 11) is -4.04. The van der Waals surface area contributed by atoms with E-state index in [1.807, 2.05) is 65.0 Å². The molecule has 12 heteroatoms. The summed E-state index contributed by atoms with van der Waals surface area (Å²) in [5.41, 5.74) is 6.95. The molecule has 0 spiro atoms. The molecule has 47 heavy (non-hydrogen) atoms. The lowest BCUT2D eigenvalue weighted by molar-refractivity contribution is -0.132. The van der Waals surface area contributed by atoms with Gasteiger partial charge in [0.1, 0.15) is 11.9 Å². The fraction of sp³-hybridized carbons (Fsp3) is 0.429. The smallest absolute Gasteiger partial charge is 0.243 e. The van der Waals surface area contributed by atoms with Gasteiger partial charge in [0, 0.05) is 25.3 Å². The predicted octanol–water partition coefficient (Wildman–Crippen LogP) is 3.46. The molecular formula is C35H48FN5O5S. The van der Waals surface area contributed by atoms with Crippen LogP contribution in [0.25, 0.3) is 0 Å². The third kappa shape index (κ3) is 11.7. The number of nitrogen functional groups attached to an aromatic ring is 1. The largest absolute Gasteiger partial charge is 0.399 e. The minimum Gasteiger partial charge on any atom is -0.399 e. The lowest BCUT2D eigenvalue weighted by atomic mass is 9.85. The van der Waals surface area contributed by atoms with Gasteiger partial charge in [0.15, 0.2) is 0 Å². The number of aliphatic hydroxyl groups excluding tert-OH is 1. The highest BCUT2D eigenvalue weighted by Crippen LogP contribution is 2.23. The lowest BCUT2D eigenvalue weighted by Gasteiger charge is -2.34. The second-order valence-electron chi connectivity index (χ2n) is 13.3. The summed E-state index contributed by atoms with van der Waals surface area (Å²) in [6.07, 6.45) is -1.10. The zero-order valence-corrected chi connectivity index (χ0v) is 28.6. The molecule has 0 heterocycles. The Labute approximate surface area is 278 Å². The standard InChI is InChI=1S/C35H48FN5O5S/c1-24(2)22-41(47(45,46)29-16-10-15-28(37)19-29)23-31(42)30(18-25-11-7-6-8-12-25)39-34(44)33(35(3,4)5)40-32(43)21-38-20-26-13-9-14-27(36)17-26/h6-17,19,24,30-31,33,38,42H,18,20-23,37H2,1-5H3,(H,39,44)(H,40,43)/t30-,31+,33+/m0/s1. The van der Waals surface area contributed by atoms with Gasteiger partial charge in [0.05, 0.1) is 23.6 Å². The number of hydrogen-bond acceptors (Lipinski definition) is 7. The number of rotatable bonds is 16. The second kappa shape index (κ2) is 16.8. The molecule has 3 aromatic carbocycles. The molecule has 3 rings (SSSR count). The van der Waals surface area contributed by atoms with Crippen LogP contribution in [0, 0.1) is 17.2 Å². The maximum atomic E-state index is 13.8. The Kier molecular flexibility index (Phi) is 13.5. The molecule has 10 nitrogen and oxygen atoms in total. The van der Waals surface area contributed by atoms with E-state index in [9.17, 15) is 27.5 Å². The average molecular weight is 670 g/mol. The summed E-state index contributed by atoms with van der Waals surface area (Å²) in [5.74, 6) is -1.40. The SMILES string of the molecule is CC(C)CN(C[C@@H](O)[C@H](Cc1ccccc1)NC(=O)[C@@H](NC(=O)CNCc1cccc(F)c1)C(C)(C)C)S(=O)(=O)c1cccc(N)c1. The topological polar surface area (TPSA) is 154 Å². The van der Waals surface area contributed by atoms with Crippen LogP contribution in [0.15, 0.2) is 83.8 Å². The van der Waals surface area contributed by atoms with Crippen LogP contribution in [-0.2, 0) is 32.6 Å². The molecule has 0 fully saturated rings. The zero-order chi connectivity index (χ0) is 34.8. The quantitative estimate of drug-likeness (QED) is 0.147. The monoisotopic (exact) mass is 669 g/mol. The van der Waals surface area contributed by atoms with Gasteiger partial charge in [-0.2, -0.15) is 4.31 Å². The van der Waals surface area contributed by atoms with Gasteiger partial charge in [-0.05, 0) is 59.2 Å². The summed E-state index contributed by atoms with van der Waals surface area (Å²) in [6.45, 7) is 9.16. The molecule has 3 aromatic rings. The lowest BCUT2D eigenvalue weighted by Crippen LogP contribution is -2.59. The van der Waals surface area contributed by atoms with E-state index in [1.165, 1.54) is 28.6 Å². The number of nitrogens with one attached hydrogen (secondary N) is 3. The van der Waals surface area contributed by atoms with Gasteiger partial charge in [-0.15, -0.1) is 0 Å². The number of nitrogens with zero attached hydrogens (tertiary/aromatic N) is 1. The molecule has 0 aromatic heterocycles. The van der Waals surface area contributed by atoms with Gasteiger partial charge in [-0.1, -0.05) is 83.1 Å². The van der Waals surface area contributed by atoms with Crippen molar-refractivity contribution in [3.05, 3.63) is 95.8 Å². The first-order valence-electron chi connectivity index (χ1n) is 15.7. The molecule has 0 saturated carbocycles. The van der Waals surface area contributed by atoms with Crippen molar-refractivity contribution in [1.29, 1.82) is 0 Å². The Morgan fingerprint density at radius 2 is 1.57 bits per heavy atom. The number of benzene rings is 3. The summed E-state index contributed by atoms with van der Waals surface area (Å²) >= 11 is 0. The van der Waals surface area contributed by atoms with Crippen molar-refractivity contribution in [3.8, 4) is 0 Å². The van der Waals surface area contributed by atoms with E-state index in [-0.39, 0.29) is 49.2 Å². The van der Waals surface area contributed by atoms with Gasteiger partial charge in [-0.25, -0.2) is 12.8 Å². The minimum absolute atomic E-state index is 0.00973. The van der Waals surface area contributed by atoms with E-state index < -0.39 is 45.4 Å². The molecule has 0 aliphatic rings. The van der Waals surface area contributed by atoms with Crippen molar-refractivity contribution in [3.63, 3.8) is 0 Å². The summed E-state index contributed by atoms with van der Waals surface area (Å²) < 4.78 is 42.2. The first-order valence-corrected chi connectivity index (χ1v) is 17.1. The van der Waals surface area contributed by atoms with E-state index in [4.69, 9.17) is 5.73 Å². The fourth-order valence-electron chi connectivity index (χ4n) is 5.11. The molecule has 0 aliphatic heterocycles. The predicted molar refractivity (Wildman–Crippen MR) is 182 cm³/mol. The number of halogens is 1. The van der Waals surface area contributed by atoms with Crippen LogP contribution in [0.3, 0.4) is 0 Å². The highest BCUT2D eigenvalue weighted by atomic mass is 32.2. The van der Waals surface area contributed by atoms with Crippen molar-refractivity contribution >= 4 is 27.5 Å². The molecule has 0 radical (unpaired) electrons. The summed E-state index contributed by atoms with van der Waals surface area (Å²) in [4.78, 5) is 26.8. The maximum absolute atomic E-state index is 13.8. The number of carbonyl (C=O) groups excluding carboxylic acids is 2. The first kappa shape index (κ1) is 37.6. The highest BCUT2D eigenvalue weighted by molar-refractivity contribution is 7.89. The van der Waals surface area contributed by atoms with Crippen LogP contribution >= 0.6 is 0 Å². The number of nitrogens with two attached hydrogens (primary N) is 1. The third-order valence-corrected chi connectivity index (χ3v) is 9.31. The second-order valence-corrected chi connectivity index (χ2v) is 15.2. The Morgan fingerprint density at radius 1 is 0.915 bits per heavy atom. The van der Waals surface area contributed by atoms with Crippen LogP contribution < -0.4 is 21.7 Å². The van der Waals surface area contributed by atoms with Crippen LogP contribution in [0.2, 0.25) is 0 Å². The van der Waals surface area contributed by atoms with Gasteiger partial charge >= 0.3 is 0 Å². The van der Waals surface area contributed by atoms with E-state index >= 15 is 0 Å². The van der Waals surface area contributed by atoms with Crippen molar-refractivity contribution in [1.82, 2.24) is 20.3 Å². The summed E-state index contributed by atoms with van der Waals surface area (Å²) in [5, 5.41) is 20.3. The normalized spacial score (nSPS) is 14.1. The number of amides is 2. The summed E-state index contributed by atoms with van der Waals surface area (Å²) in [6, 6.07) is 19.4. The average Bonchev–Trinajstić information content (AvgIpc) is 2.99. The van der Waals surface area contributed by atoms with Gasteiger partial charge < -0.3 is 26.8 Å². The maximum Gasteiger partial charge on any atom is 0.243 e. The number of carbonyl (C=O) groups is 2. The molecule has 0 bridgehead atoms. The van der Waals surface area contributed by atoms with Crippen LogP contribution in [0.5, 0.6) is 0 Å². The van der Waals surface area contributed by atoms with Crippen molar-refractivity contribution in [2.24, 2.45) is 11.3 Å². The van der Waals surface area contributed by atoms with Crippen molar-refractivity contribution in [2.75, 3.05) is 25.4 Å². The van der Waals surface area contributed by atoms with Crippen LogP contribution in [-0.4, -0.2) is 67.5 Å². The molecule has 0 aliphatic carbocycles. The van der Waals surface area contributed by atoms with E-state index in [0.717, 1.165) is 5.56 Å². The molecular weight excluding hydrogens is 621 g/mol. The number of sulfonamides is 1. The van der Waals surface area contributed by atoms with Crippen molar-refractivity contribution in [2.45, 2.75) is 70.7 Å². The minimum atomic E-state index is -4.04.